The molecule has 0 aliphatic carbocycles. The van der Waals surface area contributed by atoms with E-state index in [1.165, 1.54) is 12.5 Å². The van der Waals surface area contributed by atoms with Crippen molar-refractivity contribution in [2.45, 2.75) is 13.0 Å². The lowest BCUT2D eigenvalue weighted by molar-refractivity contribution is 0.322. The van der Waals surface area contributed by atoms with Crippen LogP contribution in [0.15, 0.2) is 66.3 Å². The maximum atomic E-state index is 8.93. The summed E-state index contributed by atoms with van der Waals surface area (Å²) in [5, 5.41) is 15.3. The Morgan fingerprint density at radius 1 is 1.18 bits per heavy atom. The van der Waals surface area contributed by atoms with Crippen LogP contribution in [0, 0.1) is 0 Å². The van der Waals surface area contributed by atoms with E-state index in [0.29, 0.717) is 11.4 Å². The van der Waals surface area contributed by atoms with Crippen LogP contribution in [0.5, 0.6) is 0 Å². The number of hydrogen-bond acceptors (Lipinski definition) is 7. The van der Waals surface area contributed by atoms with Crippen LogP contribution in [-0.4, -0.2) is 30.8 Å². The first kappa shape index (κ1) is 17.5. The van der Waals surface area contributed by atoms with Gasteiger partial charge in [-0.3, -0.25) is 4.98 Å². The molecule has 8 heteroatoms. The molecule has 0 aliphatic rings. The molecule has 0 amide bonds. The summed E-state index contributed by atoms with van der Waals surface area (Å²) in [6, 6.07) is 13.9. The minimum atomic E-state index is -0.128. The molecule has 0 saturated heterocycles. The third kappa shape index (κ3) is 3.11. The third-order valence-corrected chi connectivity index (χ3v) is 4.54. The van der Waals surface area contributed by atoms with Crippen molar-refractivity contribution in [1.82, 2.24) is 19.4 Å². The van der Waals surface area contributed by atoms with Crippen LogP contribution in [0.1, 0.15) is 24.1 Å². The Labute approximate surface area is 161 Å². The predicted molar refractivity (Wildman–Crippen MR) is 108 cm³/mol. The lowest BCUT2D eigenvalue weighted by Gasteiger charge is -2.17. The maximum absolute atomic E-state index is 8.93. The quantitative estimate of drug-likeness (QED) is 0.281. The molecule has 0 spiro atoms. The monoisotopic (exact) mass is 373 g/mol. The minimum absolute atomic E-state index is 0.128. The van der Waals surface area contributed by atoms with Crippen molar-refractivity contribution in [1.29, 1.82) is 0 Å². The van der Waals surface area contributed by atoms with Crippen molar-refractivity contribution in [2.75, 3.05) is 11.1 Å². The SMILES string of the molecule is CC(Nc1ncnc(N)c1/C=N\O)c1cc2ccccn2c1-c1ccccn1. The lowest BCUT2D eigenvalue weighted by atomic mass is 10.1. The molecule has 28 heavy (non-hydrogen) atoms. The molecule has 1 unspecified atom stereocenters. The molecular weight excluding hydrogens is 354 g/mol. The number of nitrogens with zero attached hydrogens (tertiary/aromatic N) is 5. The van der Waals surface area contributed by atoms with Crippen LogP contribution in [0.2, 0.25) is 0 Å². The highest BCUT2D eigenvalue weighted by Crippen LogP contribution is 2.32. The van der Waals surface area contributed by atoms with Crippen LogP contribution < -0.4 is 11.1 Å². The van der Waals surface area contributed by atoms with E-state index >= 15 is 0 Å². The molecule has 4 aromatic heterocycles. The molecule has 0 saturated carbocycles. The molecule has 0 fully saturated rings. The van der Waals surface area contributed by atoms with Gasteiger partial charge in [0.2, 0.25) is 0 Å². The first-order chi connectivity index (χ1) is 13.7. The van der Waals surface area contributed by atoms with E-state index in [1.54, 1.807) is 6.20 Å². The zero-order valence-corrected chi connectivity index (χ0v) is 15.2. The fourth-order valence-electron chi connectivity index (χ4n) is 3.24. The van der Waals surface area contributed by atoms with Crippen molar-refractivity contribution in [3.8, 4) is 11.4 Å². The second kappa shape index (κ2) is 7.36. The van der Waals surface area contributed by atoms with Gasteiger partial charge in [0.1, 0.15) is 18.0 Å². The van der Waals surface area contributed by atoms with Gasteiger partial charge in [-0.05, 0) is 37.3 Å². The van der Waals surface area contributed by atoms with Gasteiger partial charge in [0.05, 0.1) is 29.2 Å². The molecule has 1 atom stereocenters. The van der Waals surface area contributed by atoms with Gasteiger partial charge in [-0.2, -0.15) is 0 Å². The number of fused-ring (bicyclic) bond motifs is 1. The number of nitrogen functional groups attached to an aromatic ring is 1. The highest BCUT2D eigenvalue weighted by Gasteiger charge is 2.19. The third-order valence-electron chi connectivity index (χ3n) is 4.54. The van der Waals surface area contributed by atoms with E-state index in [4.69, 9.17) is 10.9 Å². The summed E-state index contributed by atoms with van der Waals surface area (Å²) in [5.41, 5.74) is 10.3. The molecule has 0 bridgehead atoms. The number of rotatable bonds is 5. The van der Waals surface area contributed by atoms with E-state index in [0.717, 1.165) is 22.5 Å². The Bertz CT molecular complexity index is 1140. The molecule has 4 N–H and O–H groups in total. The summed E-state index contributed by atoms with van der Waals surface area (Å²) in [6.45, 7) is 2.03. The maximum Gasteiger partial charge on any atom is 0.141 e. The number of pyridine rings is 2. The minimum Gasteiger partial charge on any atom is -0.411 e. The summed E-state index contributed by atoms with van der Waals surface area (Å²) in [7, 11) is 0. The highest BCUT2D eigenvalue weighted by molar-refractivity contribution is 5.91. The summed E-state index contributed by atoms with van der Waals surface area (Å²) in [5.74, 6) is 0.717. The molecule has 4 heterocycles. The van der Waals surface area contributed by atoms with Gasteiger partial charge in [0, 0.05) is 23.5 Å². The van der Waals surface area contributed by atoms with E-state index < -0.39 is 0 Å². The Morgan fingerprint density at radius 2 is 2.04 bits per heavy atom. The van der Waals surface area contributed by atoms with Crippen LogP contribution in [-0.2, 0) is 0 Å². The molecule has 4 aromatic rings. The first-order valence-electron chi connectivity index (χ1n) is 8.75. The molecule has 0 aliphatic heterocycles. The van der Waals surface area contributed by atoms with Crippen molar-refractivity contribution < 1.29 is 5.21 Å². The average Bonchev–Trinajstić information content (AvgIpc) is 3.11. The van der Waals surface area contributed by atoms with Crippen LogP contribution >= 0.6 is 0 Å². The smallest absolute Gasteiger partial charge is 0.141 e. The van der Waals surface area contributed by atoms with Crippen LogP contribution in [0.3, 0.4) is 0 Å². The fraction of sp³-hybridized carbons (Fsp3) is 0.100. The number of nitrogens with two attached hydrogens (primary N) is 1. The first-order valence-corrected chi connectivity index (χ1v) is 8.75. The van der Waals surface area contributed by atoms with E-state index in [9.17, 15) is 0 Å². The van der Waals surface area contributed by atoms with Gasteiger partial charge in [0.25, 0.3) is 0 Å². The fourth-order valence-corrected chi connectivity index (χ4v) is 3.24. The number of aromatic nitrogens is 4. The van der Waals surface area contributed by atoms with E-state index in [1.807, 2.05) is 43.5 Å². The zero-order valence-electron chi connectivity index (χ0n) is 15.2. The number of nitrogens with one attached hydrogen (secondary N) is 1. The number of anilines is 2. The second-order valence-electron chi connectivity index (χ2n) is 6.29. The summed E-state index contributed by atoms with van der Waals surface area (Å²) in [6.07, 6.45) is 6.39. The Morgan fingerprint density at radius 3 is 2.82 bits per heavy atom. The number of hydrogen-bond donors (Lipinski definition) is 3. The summed E-state index contributed by atoms with van der Waals surface area (Å²) in [4.78, 5) is 12.7. The topological polar surface area (TPSA) is 114 Å². The second-order valence-corrected chi connectivity index (χ2v) is 6.29. The average molecular weight is 373 g/mol. The van der Waals surface area contributed by atoms with E-state index in [2.05, 4.69) is 42.0 Å². The Balaban J connectivity index is 1.81. The number of oxime groups is 1. The van der Waals surface area contributed by atoms with Gasteiger partial charge in [0.15, 0.2) is 0 Å². The Hall–Kier alpha value is -3.94. The zero-order chi connectivity index (χ0) is 19.5. The van der Waals surface area contributed by atoms with Gasteiger partial charge < -0.3 is 20.7 Å². The molecule has 140 valence electrons. The van der Waals surface area contributed by atoms with Gasteiger partial charge >= 0.3 is 0 Å². The van der Waals surface area contributed by atoms with E-state index in [-0.39, 0.29) is 11.9 Å². The summed E-state index contributed by atoms with van der Waals surface area (Å²) >= 11 is 0. The van der Waals surface area contributed by atoms with Crippen LogP contribution in [0.25, 0.3) is 16.9 Å². The molecule has 0 aromatic carbocycles. The van der Waals surface area contributed by atoms with Crippen molar-refractivity contribution in [3.63, 3.8) is 0 Å². The van der Waals surface area contributed by atoms with Crippen molar-refractivity contribution in [3.05, 3.63) is 72.3 Å². The van der Waals surface area contributed by atoms with Crippen LogP contribution in [0.4, 0.5) is 11.6 Å². The molecule has 0 radical (unpaired) electrons. The highest BCUT2D eigenvalue weighted by atomic mass is 16.4. The Kier molecular flexibility index (Phi) is 4.59. The molecule has 4 rings (SSSR count). The van der Waals surface area contributed by atoms with Crippen molar-refractivity contribution >= 4 is 23.4 Å². The van der Waals surface area contributed by atoms with Gasteiger partial charge in [-0.15, -0.1) is 0 Å². The lowest BCUT2D eigenvalue weighted by Crippen LogP contribution is -2.12. The molecule has 8 nitrogen and oxygen atoms in total. The summed E-state index contributed by atoms with van der Waals surface area (Å²) < 4.78 is 2.11. The van der Waals surface area contributed by atoms with Crippen molar-refractivity contribution in [2.24, 2.45) is 5.16 Å². The van der Waals surface area contributed by atoms with Gasteiger partial charge in [-0.1, -0.05) is 17.3 Å². The standard InChI is InChI=1S/C20H19N7O/c1-13(26-20-16(11-25-28)19(21)23-12-24-20)15-10-14-6-3-5-9-27(14)18(15)17-7-2-4-8-22-17/h2-13,28H,1H3,(H3,21,23,24,26)/b25-11-. The molecular formula is C20H19N7O. The largest absolute Gasteiger partial charge is 0.411 e. The predicted octanol–water partition coefficient (Wildman–Crippen LogP) is 3.35. The normalized spacial score (nSPS) is 12.5. The van der Waals surface area contributed by atoms with Gasteiger partial charge in [-0.25, -0.2) is 9.97 Å².